The molecule has 0 saturated carbocycles. The van der Waals surface area contributed by atoms with Crippen molar-refractivity contribution in [2.24, 2.45) is 0 Å². The Kier molecular flexibility index (Phi) is 5.03. The molecule has 0 amide bonds. The van der Waals surface area contributed by atoms with Crippen LogP contribution in [0.3, 0.4) is 0 Å². The van der Waals surface area contributed by atoms with Gasteiger partial charge in [0.2, 0.25) is 0 Å². The Labute approximate surface area is 157 Å². The lowest BCUT2D eigenvalue weighted by Gasteiger charge is -2.13. The Balaban J connectivity index is 1.75. The SMILES string of the molecule is Cc1cc(Nc2ccc(Nc3cc(C)c(C)c(C)c3)cc2)cc(C)c1C. The first-order valence-corrected chi connectivity index (χ1v) is 9.13. The zero-order valence-electron chi connectivity index (χ0n) is 16.6. The van der Waals surface area contributed by atoms with Crippen molar-refractivity contribution in [2.45, 2.75) is 41.5 Å². The van der Waals surface area contributed by atoms with Crippen LogP contribution in [0.1, 0.15) is 33.4 Å². The lowest BCUT2D eigenvalue weighted by molar-refractivity contribution is 1.26. The van der Waals surface area contributed by atoms with Gasteiger partial charge in [-0.2, -0.15) is 0 Å². The summed E-state index contributed by atoms with van der Waals surface area (Å²) in [6.45, 7) is 13.0. The first-order chi connectivity index (χ1) is 12.3. The van der Waals surface area contributed by atoms with Gasteiger partial charge in [0.25, 0.3) is 0 Å². The Morgan fingerprint density at radius 3 is 0.962 bits per heavy atom. The first kappa shape index (κ1) is 18.1. The standard InChI is InChI=1S/C24H28N2/c1-15-11-23(12-16(2)19(15)5)25-21-7-9-22(10-8-21)26-24-13-17(3)20(6)18(4)14-24/h7-14,25-26H,1-6H3. The van der Waals surface area contributed by atoms with Gasteiger partial charge in [-0.15, -0.1) is 0 Å². The van der Waals surface area contributed by atoms with Crippen LogP contribution in [-0.2, 0) is 0 Å². The molecular formula is C24H28N2. The molecule has 0 heterocycles. The normalized spacial score (nSPS) is 10.7. The summed E-state index contributed by atoms with van der Waals surface area (Å²) in [5.41, 5.74) is 12.4. The van der Waals surface area contributed by atoms with Gasteiger partial charge in [-0.25, -0.2) is 0 Å². The highest BCUT2D eigenvalue weighted by Crippen LogP contribution is 2.26. The number of benzene rings is 3. The Morgan fingerprint density at radius 2 is 0.692 bits per heavy atom. The molecule has 0 saturated heterocycles. The molecule has 3 aromatic carbocycles. The average molecular weight is 345 g/mol. The molecule has 2 heteroatoms. The van der Waals surface area contributed by atoms with Crippen molar-refractivity contribution in [3.8, 4) is 0 Å². The van der Waals surface area contributed by atoms with Crippen LogP contribution in [-0.4, -0.2) is 0 Å². The van der Waals surface area contributed by atoms with Crippen molar-refractivity contribution in [3.05, 3.63) is 81.9 Å². The van der Waals surface area contributed by atoms with E-state index in [1.807, 2.05) is 0 Å². The average Bonchev–Trinajstić information content (AvgIpc) is 2.59. The third-order valence-electron chi connectivity index (χ3n) is 5.32. The zero-order chi connectivity index (χ0) is 18.8. The maximum absolute atomic E-state index is 3.50. The quantitative estimate of drug-likeness (QED) is 0.531. The molecule has 0 atom stereocenters. The van der Waals surface area contributed by atoms with E-state index in [-0.39, 0.29) is 0 Å². The van der Waals surface area contributed by atoms with Gasteiger partial charge in [0.1, 0.15) is 0 Å². The second-order valence-electron chi connectivity index (χ2n) is 7.30. The fraction of sp³-hybridized carbons (Fsp3) is 0.250. The van der Waals surface area contributed by atoms with E-state index < -0.39 is 0 Å². The molecule has 0 bridgehead atoms. The maximum Gasteiger partial charge on any atom is 0.0389 e. The van der Waals surface area contributed by atoms with Gasteiger partial charge >= 0.3 is 0 Å². The Bertz CT molecular complexity index is 812. The number of nitrogens with one attached hydrogen (secondary N) is 2. The van der Waals surface area contributed by atoms with Crippen LogP contribution in [0.25, 0.3) is 0 Å². The molecular weight excluding hydrogens is 316 g/mol. The third-order valence-corrected chi connectivity index (χ3v) is 5.32. The van der Waals surface area contributed by atoms with E-state index in [1.54, 1.807) is 0 Å². The summed E-state index contributed by atoms with van der Waals surface area (Å²) < 4.78 is 0. The van der Waals surface area contributed by atoms with Crippen molar-refractivity contribution >= 4 is 22.7 Å². The summed E-state index contributed by atoms with van der Waals surface area (Å²) in [4.78, 5) is 0. The second-order valence-corrected chi connectivity index (χ2v) is 7.30. The van der Waals surface area contributed by atoms with Gasteiger partial charge in [0, 0.05) is 22.7 Å². The highest BCUT2D eigenvalue weighted by molar-refractivity contribution is 5.67. The highest BCUT2D eigenvalue weighted by atomic mass is 14.9. The van der Waals surface area contributed by atoms with Crippen molar-refractivity contribution in [2.75, 3.05) is 10.6 Å². The predicted molar refractivity (Wildman–Crippen MR) is 114 cm³/mol. The predicted octanol–water partition coefficient (Wildman–Crippen LogP) is 7.02. The monoisotopic (exact) mass is 344 g/mol. The molecule has 3 aromatic rings. The van der Waals surface area contributed by atoms with Gasteiger partial charge in [-0.1, -0.05) is 0 Å². The molecule has 3 rings (SSSR count). The third kappa shape index (κ3) is 3.91. The molecule has 0 aliphatic carbocycles. The summed E-state index contributed by atoms with van der Waals surface area (Å²) >= 11 is 0. The number of rotatable bonds is 4. The minimum absolute atomic E-state index is 1.09. The molecule has 2 N–H and O–H groups in total. The summed E-state index contributed by atoms with van der Waals surface area (Å²) in [6.07, 6.45) is 0. The van der Waals surface area contributed by atoms with E-state index in [4.69, 9.17) is 0 Å². The van der Waals surface area contributed by atoms with Gasteiger partial charge in [0.05, 0.1) is 0 Å². The smallest absolute Gasteiger partial charge is 0.0389 e. The van der Waals surface area contributed by atoms with Crippen molar-refractivity contribution in [3.63, 3.8) is 0 Å². The summed E-state index contributed by atoms with van der Waals surface area (Å²) in [7, 11) is 0. The van der Waals surface area contributed by atoms with Crippen LogP contribution < -0.4 is 10.6 Å². The van der Waals surface area contributed by atoms with E-state index >= 15 is 0 Å². The summed E-state index contributed by atoms with van der Waals surface area (Å²) in [6, 6.07) is 17.3. The number of hydrogen-bond acceptors (Lipinski definition) is 2. The van der Waals surface area contributed by atoms with Crippen molar-refractivity contribution in [1.82, 2.24) is 0 Å². The van der Waals surface area contributed by atoms with E-state index in [0.29, 0.717) is 0 Å². The lowest BCUT2D eigenvalue weighted by atomic mass is 10.0. The number of hydrogen-bond donors (Lipinski definition) is 2. The number of aryl methyl sites for hydroxylation is 4. The van der Waals surface area contributed by atoms with Gasteiger partial charge in [-0.05, 0) is 123 Å². The van der Waals surface area contributed by atoms with Crippen LogP contribution in [0.4, 0.5) is 22.7 Å². The minimum Gasteiger partial charge on any atom is -0.356 e. The summed E-state index contributed by atoms with van der Waals surface area (Å²) in [5, 5.41) is 7.00. The maximum atomic E-state index is 3.50. The summed E-state index contributed by atoms with van der Waals surface area (Å²) in [5.74, 6) is 0. The van der Waals surface area contributed by atoms with Gasteiger partial charge < -0.3 is 10.6 Å². The van der Waals surface area contributed by atoms with E-state index in [2.05, 4.69) is 101 Å². The topological polar surface area (TPSA) is 24.1 Å². The molecule has 0 aliphatic rings. The molecule has 0 fully saturated rings. The minimum atomic E-state index is 1.09. The van der Waals surface area contributed by atoms with Crippen LogP contribution in [0.2, 0.25) is 0 Å². The van der Waals surface area contributed by atoms with E-state index in [9.17, 15) is 0 Å². The van der Waals surface area contributed by atoms with E-state index in [0.717, 1.165) is 22.7 Å². The molecule has 2 nitrogen and oxygen atoms in total. The Morgan fingerprint density at radius 1 is 0.423 bits per heavy atom. The van der Waals surface area contributed by atoms with Crippen molar-refractivity contribution in [1.29, 1.82) is 0 Å². The van der Waals surface area contributed by atoms with Crippen LogP contribution in [0, 0.1) is 41.5 Å². The molecule has 0 aromatic heterocycles. The van der Waals surface area contributed by atoms with Gasteiger partial charge in [0.15, 0.2) is 0 Å². The zero-order valence-corrected chi connectivity index (χ0v) is 16.6. The fourth-order valence-electron chi connectivity index (χ4n) is 3.19. The van der Waals surface area contributed by atoms with Crippen LogP contribution >= 0.6 is 0 Å². The van der Waals surface area contributed by atoms with Gasteiger partial charge in [-0.3, -0.25) is 0 Å². The van der Waals surface area contributed by atoms with E-state index in [1.165, 1.54) is 33.4 Å². The van der Waals surface area contributed by atoms with Crippen LogP contribution in [0.15, 0.2) is 48.5 Å². The fourth-order valence-corrected chi connectivity index (χ4v) is 3.19. The molecule has 134 valence electrons. The molecule has 0 spiro atoms. The largest absolute Gasteiger partial charge is 0.356 e. The lowest BCUT2D eigenvalue weighted by Crippen LogP contribution is -1.96. The molecule has 0 radical (unpaired) electrons. The van der Waals surface area contributed by atoms with Crippen molar-refractivity contribution < 1.29 is 0 Å². The molecule has 0 aliphatic heterocycles. The second kappa shape index (κ2) is 7.25. The first-order valence-electron chi connectivity index (χ1n) is 9.13. The highest BCUT2D eigenvalue weighted by Gasteiger charge is 2.04. The molecule has 0 unspecified atom stereocenters. The van der Waals surface area contributed by atoms with Crippen LogP contribution in [0.5, 0.6) is 0 Å². The molecule has 26 heavy (non-hydrogen) atoms. The number of anilines is 4. The Hall–Kier alpha value is -2.74.